The van der Waals surface area contributed by atoms with Gasteiger partial charge >= 0.3 is 0 Å². The third-order valence-electron chi connectivity index (χ3n) is 4.74. The number of halogens is 2. The van der Waals surface area contributed by atoms with Crippen LogP contribution in [0.15, 0.2) is 64.5 Å². The minimum absolute atomic E-state index is 0.0271. The average molecular weight is 495 g/mol. The van der Waals surface area contributed by atoms with E-state index in [0.29, 0.717) is 11.6 Å². The van der Waals surface area contributed by atoms with Crippen LogP contribution in [-0.2, 0) is 21.2 Å². The fourth-order valence-electron chi connectivity index (χ4n) is 3.07. The van der Waals surface area contributed by atoms with Gasteiger partial charge < -0.3 is 10.2 Å². The number of amides is 1. The van der Waals surface area contributed by atoms with Gasteiger partial charge in [0.15, 0.2) is 9.84 Å². The number of carbonyl (C=O) groups is 1. The molecule has 1 amide bonds. The summed E-state index contributed by atoms with van der Waals surface area (Å²) in [5.41, 5.74) is 2.03. The van der Waals surface area contributed by atoms with E-state index in [1.54, 1.807) is 18.0 Å². The number of likely N-dealkylation sites (N-methyl/N-ethyl adjacent to an activating group) is 1. The Morgan fingerprint density at radius 3 is 2.66 bits per heavy atom. The molecule has 0 saturated carbocycles. The van der Waals surface area contributed by atoms with Crippen LogP contribution in [0, 0.1) is 0 Å². The Morgan fingerprint density at radius 2 is 1.97 bits per heavy atom. The highest BCUT2D eigenvalue weighted by atomic mass is 35.5. The number of benzene rings is 2. The number of carbonyl (C=O) groups excluding carboxylic acids is 1. The van der Waals surface area contributed by atoms with Crippen LogP contribution in [0.25, 0.3) is 0 Å². The van der Waals surface area contributed by atoms with Crippen molar-refractivity contribution >= 4 is 44.8 Å². The van der Waals surface area contributed by atoms with Gasteiger partial charge in [0.25, 0.3) is 0 Å². The van der Waals surface area contributed by atoms with Gasteiger partial charge in [-0.15, -0.1) is 0 Å². The summed E-state index contributed by atoms with van der Waals surface area (Å²) in [5.74, 6) is 0.392. The van der Waals surface area contributed by atoms with Crippen molar-refractivity contribution in [2.24, 2.45) is 4.99 Å². The molecular weight excluding hydrogens is 471 g/mol. The molecule has 0 aliphatic carbocycles. The molecule has 3 rings (SSSR count). The second kappa shape index (κ2) is 11.0. The summed E-state index contributed by atoms with van der Waals surface area (Å²) in [6.07, 6.45) is 3.00. The summed E-state index contributed by atoms with van der Waals surface area (Å²) < 4.78 is 24.8. The Bertz CT molecular complexity index is 1130. The van der Waals surface area contributed by atoms with Crippen LogP contribution in [0.2, 0.25) is 10.0 Å². The van der Waals surface area contributed by atoms with Crippen molar-refractivity contribution in [2.45, 2.75) is 11.4 Å². The van der Waals surface area contributed by atoms with Crippen LogP contribution in [-0.4, -0.2) is 57.6 Å². The predicted molar refractivity (Wildman–Crippen MR) is 128 cm³/mol. The van der Waals surface area contributed by atoms with E-state index in [4.69, 9.17) is 23.2 Å². The van der Waals surface area contributed by atoms with Gasteiger partial charge in [-0.3, -0.25) is 15.1 Å². The molecule has 0 fully saturated rings. The molecule has 0 aromatic heterocycles. The molecule has 10 heteroatoms. The Morgan fingerprint density at radius 1 is 1.22 bits per heavy atom. The number of hydrogen-bond donors (Lipinski definition) is 2. The zero-order chi connectivity index (χ0) is 23.1. The van der Waals surface area contributed by atoms with E-state index >= 15 is 0 Å². The largest absolute Gasteiger partial charge is 0.368 e. The lowest BCUT2D eigenvalue weighted by molar-refractivity contribution is -0.125. The zero-order valence-corrected chi connectivity index (χ0v) is 19.8. The number of nitrogens with zero attached hydrogens (tertiary/aromatic N) is 2. The molecule has 0 unspecified atom stereocenters. The maximum atomic E-state index is 12.4. The Balaban J connectivity index is 1.46. The van der Waals surface area contributed by atoms with Gasteiger partial charge in [-0.05, 0) is 23.8 Å². The monoisotopic (exact) mass is 494 g/mol. The number of aliphatic imine (C=N–C) groups is 1. The van der Waals surface area contributed by atoms with E-state index < -0.39 is 9.84 Å². The van der Waals surface area contributed by atoms with Gasteiger partial charge in [0.1, 0.15) is 11.7 Å². The maximum Gasteiger partial charge on any atom is 0.246 e. The molecule has 170 valence electrons. The second-order valence-corrected chi connectivity index (χ2v) is 10.0. The molecule has 0 atom stereocenters. The van der Waals surface area contributed by atoms with Crippen molar-refractivity contribution in [3.05, 3.63) is 75.8 Å². The molecule has 0 bridgehead atoms. The second-order valence-electron chi connectivity index (χ2n) is 7.24. The first-order valence-corrected chi connectivity index (χ1v) is 12.3. The first-order chi connectivity index (χ1) is 15.3. The highest BCUT2D eigenvalue weighted by molar-refractivity contribution is 7.91. The van der Waals surface area contributed by atoms with Crippen molar-refractivity contribution in [3.8, 4) is 0 Å². The molecule has 2 aromatic carbocycles. The summed E-state index contributed by atoms with van der Waals surface area (Å²) >= 11 is 11.8. The molecule has 1 aliphatic rings. The minimum atomic E-state index is -3.65. The molecule has 2 aromatic rings. The molecule has 0 radical (unpaired) electrons. The van der Waals surface area contributed by atoms with Crippen molar-refractivity contribution in [1.82, 2.24) is 15.5 Å². The first kappa shape index (κ1) is 24.3. The Hall–Kier alpha value is -2.39. The van der Waals surface area contributed by atoms with Gasteiger partial charge in [-0.25, -0.2) is 8.42 Å². The molecular formula is C22H24Cl2N4O3S. The molecule has 7 nitrogen and oxygen atoms in total. The normalized spacial score (nSPS) is 13.8. The summed E-state index contributed by atoms with van der Waals surface area (Å²) in [4.78, 5) is 18.3. The van der Waals surface area contributed by atoms with Crippen molar-refractivity contribution < 1.29 is 13.2 Å². The van der Waals surface area contributed by atoms with Crippen LogP contribution in [0.5, 0.6) is 0 Å². The lowest BCUT2D eigenvalue weighted by Gasteiger charge is -2.15. The van der Waals surface area contributed by atoms with E-state index in [1.165, 1.54) is 24.3 Å². The summed E-state index contributed by atoms with van der Waals surface area (Å²) in [6, 6.07) is 12.2. The van der Waals surface area contributed by atoms with Gasteiger partial charge in [-0.1, -0.05) is 53.5 Å². The Labute approximate surface area is 198 Å². The SMILES string of the molecule is CN(Cc1ccc(C2=NCCN2)cc1)C(=O)C=CCNCS(=O)(=O)c1cc(Cl)ccc1Cl. The van der Waals surface area contributed by atoms with E-state index in [0.717, 1.165) is 30.1 Å². The highest BCUT2D eigenvalue weighted by Crippen LogP contribution is 2.25. The van der Waals surface area contributed by atoms with Gasteiger partial charge in [-0.2, -0.15) is 0 Å². The fraction of sp³-hybridized carbons (Fsp3) is 0.273. The topological polar surface area (TPSA) is 90.9 Å². The number of rotatable bonds is 9. The third kappa shape index (κ3) is 6.56. The number of hydrogen-bond acceptors (Lipinski definition) is 6. The molecule has 0 spiro atoms. The number of amidine groups is 1. The fourth-order valence-corrected chi connectivity index (χ4v) is 4.99. The first-order valence-electron chi connectivity index (χ1n) is 9.94. The lowest BCUT2D eigenvalue weighted by atomic mass is 10.1. The van der Waals surface area contributed by atoms with E-state index in [-0.39, 0.29) is 28.2 Å². The molecule has 32 heavy (non-hydrogen) atoms. The van der Waals surface area contributed by atoms with E-state index in [2.05, 4.69) is 15.6 Å². The third-order valence-corrected chi connectivity index (χ3v) is 7.01. The number of nitrogens with one attached hydrogen (secondary N) is 2. The van der Waals surface area contributed by atoms with E-state index in [9.17, 15) is 13.2 Å². The molecule has 2 N–H and O–H groups in total. The molecule has 1 aliphatic heterocycles. The summed E-state index contributed by atoms with van der Waals surface area (Å²) in [5, 5.41) is 6.42. The van der Waals surface area contributed by atoms with Crippen molar-refractivity contribution in [2.75, 3.05) is 32.6 Å². The van der Waals surface area contributed by atoms with Crippen LogP contribution in [0.1, 0.15) is 11.1 Å². The average Bonchev–Trinajstić information content (AvgIpc) is 3.30. The van der Waals surface area contributed by atoms with Crippen LogP contribution >= 0.6 is 23.2 Å². The van der Waals surface area contributed by atoms with Crippen LogP contribution in [0.3, 0.4) is 0 Å². The van der Waals surface area contributed by atoms with Gasteiger partial charge in [0.05, 0.1) is 16.5 Å². The summed E-state index contributed by atoms with van der Waals surface area (Å²) in [6.45, 7) is 2.31. The summed E-state index contributed by atoms with van der Waals surface area (Å²) in [7, 11) is -1.94. The highest BCUT2D eigenvalue weighted by Gasteiger charge is 2.18. The molecule has 0 saturated heterocycles. The standard InChI is InChI=1S/C22H24Cl2N4O3S/c1-28(14-16-4-6-17(7-5-16)22-26-11-12-27-22)21(29)3-2-10-25-15-32(30,31)20-13-18(23)8-9-19(20)24/h2-9,13,25H,10-12,14-15H2,1H3,(H,26,27). The maximum absolute atomic E-state index is 12.4. The van der Waals surface area contributed by atoms with Gasteiger partial charge in [0, 0.05) is 43.3 Å². The minimum Gasteiger partial charge on any atom is -0.368 e. The quantitative estimate of drug-likeness (QED) is 0.413. The van der Waals surface area contributed by atoms with Gasteiger partial charge in [0.2, 0.25) is 5.91 Å². The van der Waals surface area contributed by atoms with E-state index in [1.807, 2.05) is 24.3 Å². The zero-order valence-electron chi connectivity index (χ0n) is 17.5. The number of sulfone groups is 1. The van der Waals surface area contributed by atoms with Crippen molar-refractivity contribution in [3.63, 3.8) is 0 Å². The predicted octanol–water partition coefficient (Wildman–Crippen LogP) is 2.88. The molecule has 1 heterocycles. The Kier molecular flexibility index (Phi) is 8.31. The lowest BCUT2D eigenvalue weighted by Crippen LogP contribution is -2.26. The van der Waals surface area contributed by atoms with Crippen LogP contribution in [0.4, 0.5) is 0 Å². The van der Waals surface area contributed by atoms with Crippen LogP contribution < -0.4 is 10.6 Å². The smallest absolute Gasteiger partial charge is 0.246 e. The van der Waals surface area contributed by atoms with Crippen molar-refractivity contribution in [1.29, 1.82) is 0 Å².